The van der Waals surface area contributed by atoms with E-state index in [4.69, 9.17) is 28.1 Å². The molecule has 63 heavy (non-hydrogen) atoms. The van der Waals surface area contributed by atoms with Crippen molar-refractivity contribution >= 4 is 31.8 Å². The van der Waals surface area contributed by atoms with Gasteiger partial charge in [-0.3, -0.25) is 14.4 Å². The molecule has 1 aliphatic carbocycles. The van der Waals surface area contributed by atoms with Gasteiger partial charge in [-0.15, -0.1) is 0 Å². The molecule has 1 saturated carbocycles. The number of ketones is 2. The second kappa shape index (κ2) is 22.5. The normalized spacial score (nSPS) is 38.9. The molecule has 0 aromatic rings. The highest BCUT2D eigenvalue weighted by Crippen LogP contribution is 2.42. The average Bonchev–Trinajstić information content (AvgIpc) is 3.23. The van der Waals surface area contributed by atoms with Gasteiger partial charge in [-0.25, -0.2) is 4.79 Å². The number of hydrogen-bond donors (Lipinski definition) is 1. The smallest absolute Gasteiger partial charge is 0.329 e. The number of cyclic esters (lactones) is 1. The number of allylic oxidation sites excluding steroid dienone is 3. The molecule has 2 bridgehead atoms. The second-order valence-corrected chi connectivity index (χ2v) is 26.2. The Morgan fingerprint density at radius 2 is 1.54 bits per heavy atom. The van der Waals surface area contributed by atoms with E-state index in [1.165, 1.54) is 4.90 Å². The van der Waals surface area contributed by atoms with Crippen molar-refractivity contribution in [1.82, 2.24) is 4.90 Å². The molecular formula is C50H85NO11Si. The van der Waals surface area contributed by atoms with Gasteiger partial charge in [0.2, 0.25) is 5.79 Å². The van der Waals surface area contributed by atoms with Crippen LogP contribution in [0.2, 0.25) is 18.1 Å². The van der Waals surface area contributed by atoms with Gasteiger partial charge in [0.15, 0.2) is 8.32 Å². The number of esters is 1. The third kappa shape index (κ3) is 12.8. The van der Waals surface area contributed by atoms with Crippen LogP contribution in [0.3, 0.4) is 0 Å². The van der Waals surface area contributed by atoms with Crippen molar-refractivity contribution in [2.24, 2.45) is 35.5 Å². The van der Waals surface area contributed by atoms with Crippen LogP contribution >= 0.6 is 0 Å². The predicted octanol–water partition coefficient (Wildman–Crippen LogP) is 8.78. The van der Waals surface area contributed by atoms with Gasteiger partial charge < -0.3 is 38.1 Å². The van der Waals surface area contributed by atoms with Gasteiger partial charge >= 0.3 is 5.97 Å². The number of hydrogen-bond acceptors (Lipinski definition) is 11. The fraction of sp³-hybridized carbons (Fsp3) is 0.840. The molecule has 3 heterocycles. The lowest BCUT2D eigenvalue weighted by Crippen LogP contribution is -2.64. The Morgan fingerprint density at radius 1 is 0.905 bits per heavy atom. The lowest BCUT2D eigenvalue weighted by Gasteiger charge is -2.47. The zero-order valence-electron chi connectivity index (χ0n) is 41.6. The lowest BCUT2D eigenvalue weighted by molar-refractivity contribution is -0.302. The number of aliphatic hydroxyl groups is 1. The summed E-state index contributed by atoms with van der Waals surface area (Å²) in [6.07, 6.45) is 7.54. The van der Waals surface area contributed by atoms with E-state index in [-0.39, 0.29) is 60.5 Å². The summed E-state index contributed by atoms with van der Waals surface area (Å²) in [7, 11) is 2.39. The Labute approximate surface area is 381 Å². The number of rotatable bonds is 8. The molecule has 4 rings (SSSR count). The van der Waals surface area contributed by atoms with Crippen LogP contribution < -0.4 is 0 Å². The first-order valence-electron chi connectivity index (χ1n) is 24.0. The lowest BCUT2D eigenvalue weighted by atomic mass is 9.79. The summed E-state index contributed by atoms with van der Waals surface area (Å²) >= 11 is 0. The maximum absolute atomic E-state index is 14.8. The SMILES string of the molecule is CC[C@@H]1/C=C(\C)C[C@H](C)C[C@H](OC)[C@H]2O[C@@](O)(C(=O)C(=O)N3CCCC[C@H]3C(=O)O[C@H](/C(C)=C/C3CC[C@@H](C)[C@H](OC)C3)[C@@H](C)[C@@H](O[Si](C)(C)C(C)(C)C)CC1=O)[C@H](C)C[C@@H]2OC. The van der Waals surface area contributed by atoms with Crippen molar-refractivity contribution in [2.45, 2.75) is 206 Å². The standard InChI is InChI=1S/C50H85NO11Si/c1-16-37-24-30(2)23-31(3)25-42(58-12)45-43(59-13)27-34(6)50(56,61-45)46(53)47(54)51-22-18-17-19-38(51)48(55)60-44(33(5)26-36-21-20-32(4)40(28-36)57-11)35(7)41(29-39(37)52)62-63(14,15)49(8,9)10/h24,26,31-32,34-38,40-45,56H,16-23,25,27-29H2,1-15H3/b30-24+,33-26+/t31-,32+,34+,35-,36?,37+,38-,40+,41-,42-,43-,44+,45+,50+/m0/s1. The number of fused-ring (bicyclic) bond motifs is 3. The molecule has 1 amide bonds. The number of ether oxygens (including phenoxy) is 5. The van der Waals surface area contributed by atoms with Crippen LogP contribution in [0.1, 0.15) is 140 Å². The Bertz CT molecular complexity index is 1640. The van der Waals surface area contributed by atoms with Crippen LogP contribution in [-0.2, 0) is 47.3 Å². The summed E-state index contributed by atoms with van der Waals surface area (Å²) in [6.45, 7) is 25.1. The minimum Gasteiger partial charge on any atom is -0.456 e. The molecule has 0 radical (unpaired) electrons. The largest absolute Gasteiger partial charge is 0.456 e. The number of methoxy groups -OCH3 is 3. The Hall–Kier alpha value is -2.26. The highest BCUT2D eigenvalue weighted by molar-refractivity contribution is 6.74. The number of carbonyl (C=O) groups is 4. The van der Waals surface area contributed by atoms with Crippen LogP contribution in [0.5, 0.6) is 0 Å². The average molecular weight is 904 g/mol. The van der Waals surface area contributed by atoms with Crippen LogP contribution in [0.4, 0.5) is 0 Å². The number of Topliss-reactive ketones (excluding diaryl/α,β-unsaturated/α-hetero) is 2. The number of piperidine rings is 1. The summed E-state index contributed by atoms with van der Waals surface area (Å²) in [6, 6.07) is -1.07. The predicted molar refractivity (Wildman–Crippen MR) is 247 cm³/mol. The zero-order chi connectivity index (χ0) is 47.2. The number of carbonyl (C=O) groups excluding carboxylic acids is 4. The van der Waals surface area contributed by atoms with Crippen LogP contribution in [0, 0.1) is 35.5 Å². The minimum absolute atomic E-state index is 0.0628. The van der Waals surface area contributed by atoms with Crippen molar-refractivity contribution in [3.05, 3.63) is 23.3 Å². The molecule has 12 nitrogen and oxygen atoms in total. The van der Waals surface area contributed by atoms with Gasteiger partial charge in [-0.05, 0) is 120 Å². The summed E-state index contributed by atoms with van der Waals surface area (Å²) in [5.41, 5.74) is 1.92. The second-order valence-electron chi connectivity index (χ2n) is 21.4. The van der Waals surface area contributed by atoms with Crippen LogP contribution in [0.25, 0.3) is 0 Å². The van der Waals surface area contributed by atoms with E-state index >= 15 is 0 Å². The molecular weight excluding hydrogens is 819 g/mol. The van der Waals surface area contributed by atoms with Crippen molar-refractivity contribution in [3.63, 3.8) is 0 Å². The fourth-order valence-corrected chi connectivity index (χ4v) is 11.7. The molecule has 0 aromatic heterocycles. The summed E-state index contributed by atoms with van der Waals surface area (Å²) in [5, 5.41) is 12.0. The van der Waals surface area contributed by atoms with Gasteiger partial charge in [0.1, 0.15) is 24.0 Å². The molecule has 3 fully saturated rings. The van der Waals surface area contributed by atoms with Crippen LogP contribution in [-0.4, -0.2) is 118 Å². The first kappa shape index (κ1) is 53.4. The molecule has 3 aliphatic heterocycles. The van der Waals surface area contributed by atoms with Gasteiger partial charge in [0, 0.05) is 52.0 Å². The van der Waals surface area contributed by atoms with E-state index < -0.39 is 80.2 Å². The first-order chi connectivity index (χ1) is 29.4. The highest BCUT2D eigenvalue weighted by Gasteiger charge is 2.57. The molecule has 0 spiro atoms. The third-order valence-electron chi connectivity index (χ3n) is 15.5. The van der Waals surface area contributed by atoms with Gasteiger partial charge in [-0.1, -0.05) is 73.1 Å². The maximum Gasteiger partial charge on any atom is 0.329 e. The molecule has 4 aliphatic rings. The van der Waals surface area contributed by atoms with E-state index in [0.717, 1.165) is 30.4 Å². The molecule has 14 atom stereocenters. The van der Waals surface area contributed by atoms with E-state index in [0.29, 0.717) is 38.0 Å². The first-order valence-corrected chi connectivity index (χ1v) is 26.9. The zero-order valence-corrected chi connectivity index (χ0v) is 42.6. The topological polar surface area (TPSA) is 147 Å². The minimum atomic E-state index is -2.49. The quantitative estimate of drug-likeness (QED) is 0.108. The molecule has 360 valence electrons. The Morgan fingerprint density at radius 3 is 2.14 bits per heavy atom. The fourth-order valence-electron chi connectivity index (χ4n) is 10.3. The van der Waals surface area contributed by atoms with Crippen molar-refractivity contribution in [3.8, 4) is 0 Å². The van der Waals surface area contributed by atoms with E-state index in [2.05, 4.69) is 59.9 Å². The molecule has 0 aromatic carbocycles. The van der Waals surface area contributed by atoms with Gasteiger partial charge in [-0.2, -0.15) is 0 Å². The summed E-state index contributed by atoms with van der Waals surface area (Å²) in [4.78, 5) is 59.7. The van der Waals surface area contributed by atoms with E-state index in [1.54, 1.807) is 28.3 Å². The van der Waals surface area contributed by atoms with Crippen LogP contribution in [0.15, 0.2) is 23.3 Å². The Kier molecular flexibility index (Phi) is 19.0. The number of amides is 1. The van der Waals surface area contributed by atoms with Crippen molar-refractivity contribution in [2.75, 3.05) is 27.9 Å². The number of nitrogens with zero attached hydrogens (tertiary/aromatic N) is 1. The van der Waals surface area contributed by atoms with Gasteiger partial charge in [0.25, 0.3) is 11.7 Å². The molecule has 1 N–H and O–H groups in total. The molecule has 1 unspecified atom stereocenters. The van der Waals surface area contributed by atoms with E-state index in [9.17, 15) is 24.3 Å². The third-order valence-corrected chi connectivity index (χ3v) is 20.0. The van der Waals surface area contributed by atoms with Crippen molar-refractivity contribution < 1.29 is 52.4 Å². The summed E-state index contributed by atoms with van der Waals surface area (Å²) in [5.74, 6) is -6.05. The monoisotopic (exact) mass is 904 g/mol. The Balaban J connectivity index is 1.88. The van der Waals surface area contributed by atoms with E-state index in [1.807, 2.05) is 27.7 Å². The van der Waals surface area contributed by atoms with Gasteiger partial charge in [0.05, 0.1) is 24.4 Å². The summed E-state index contributed by atoms with van der Waals surface area (Å²) < 4.78 is 38.0. The molecule has 2 saturated heterocycles. The van der Waals surface area contributed by atoms with Crippen molar-refractivity contribution in [1.29, 1.82) is 0 Å². The maximum atomic E-state index is 14.8. The molecule has 13 heteroatoms. The highest BCUT2D eigenvalue weighted by atomic mass is 28.4.